The van der Waals surface area contributed by atoms with E-state index in [1.54, 1.807) is 0 Å². The number of methoxy groups -OCH3 is 1. The summed E-state index contributed by atoms with van der Waals surface area (Å²) in [6.07, 6.45) is 1.53. The smallest absolute Gasteiger partial charge is 0.339 e. The predicted molar refractivity (Wildman–Crippen MR) is 68.7 cm³/mol. The van der Waals surface area contributed by atoms with Crippen molar-refractivity contribution in [2.75, 3.05) is 20.3 Å². The van der Waals surface area contributed by atoms with E-state index in [0.29, 0.717) is 12.3 Å². The molecular weight excluding hydrogens is 250 g/mol. The van der Waals surface area contributed by atoms with Gasteiger partial charge in [0.25, 0.3) is 5.91 Å². The molecule has 0 saturated carbocycles. The van der Waals surface area contributed by atoms with Gasteiger partial charge in [-0.25, -0.2) is 4.79 Å². The van der Waals surface area contributed by atoms with Crippen molar-refractivity contribution in [1.29, 1.82) is 0 Å². The largest absolute Gasteiger partial charge is 0.497 e. The fourth-order valence-electron chi connectivity index (χ4n) is 1.31. The molecule has 102 valence electrons. The van der Waals surface area contributed by atoms with Crippen molar-refractivity contribution >= 4 is 11.9 Å². The van der Waals surface area contributed by atoms with Gasteiger partial charge >= 0.3 is 5.97 Å². The van der Waals surface area contributed by atoms with E-state index in [9.17, 15) is 9.59 Å². The lowest BCUT2D eigenvalue weighted by molar-refractivity contribution is -0.122. The molecule has 0 aliphatic heterocycles. The molecule has 0 spiro atoms. The maximum Gasteiger partial charge on any atom is 0.339 e. The molecule has 0 aliphatic carbocycles. The molecule has 19 heavy (non-hydrogen) atoms. The Morgan fingerprint density at radius 1 is 1.47 bits per heavy atom. The molecule has 0 saturated heterocycles. The normalized spacial score (nSPS) is 9.53. The van der Waals surface area contributed by atoms with Crippen molar-refractivity contribution in [3.8, 4) is 11.5 Å². The number of nitrogens with one attached hydrogen (secondary N) is 1. The van der Waals surface area contributed by atoms with E-state index in [1.807, 2.05) is 0 Å². The molecule has 0 heterocycles. The van der Waals surface area contributed by atoms with Crippen LogP contribution in [0, 0.1) is 0 Å². The molecule has 0 aliphatic rings. The number of carbonyl (C=O) groups is 2. The van der Waals surface area contributed by atoms with Gasteiger partial charge < -0.3 is 19.9 Å². The number of hydrogen-bond donors (Lipinski definition) is 2. The van der Waals surface area contributed by atoms with E-state index in [0.717, 1.165) is 0 Å². The van der Waals surface area contributed by atoms with Crippen molar-refractivity contribution in [3.63, 3.8) is 0 Å². The first kappa shape index (κ1) is 14.6. The molecule has 1 aromatic carbocycles. The Morgan fingerprint density at radius 2 is 2.21 bits per heavy atom. The van der Waals surface area contributed by atoms with Gasteiger partial charge in [-0.1, -0.05) is 6.08 Å². The van der Waals surface area contributed by atoms with Gasteiger partial charge in [0.1, 0.15) is 17.1 Å². The number of benzene rings is 1. The Hall–Kier alpha value is -2.50. The average molecular weight is 265 g/mol. The molecule has 1 rings (SSSR count). The predicted octanol–water partition coefficient (Wildman–Crippen LogP) is 1.07. The number of amides is 1. The molecule has 0 unspecified atom stereocenters. The van der Waals surface area contributed by atoms with Crippen LogP contribution >= 0.6 is 0 Å². The maximum atomic E-state index is 11.3. The van der Waals surface area contributed by atoms with E-state index in [-0.39, 0.29) is 23.8 Å². The van der Waals surface area contributed by atoms with E-state index in [4.69, 9.17) is 14.6 Å². The van der Waals surface area contributed by atoms with Crippen LogP contribution in [0.15, 0.2) is 30.9 Å². The molecule has 0 aromatic heterocycles. The minimum Gasteiger partial charge on any atom is -0.497 e. The zero-order valence-electron chi connectivity index (χ0n) is 10.5. The third-order valence-corrected chi connectivity index (χ3v) is 2.22. The van der Waals surface area contributed by atoms with Crippen LogP contribution in [0.25, 0.3) is 0 Å². The fourth-order valence-corrected chi connectivity index (χ4v) is 1.31. The van der Waals surface area contributed by atoms with Gasteiger partial charge in [-0.05, 0) is 12.1 Å². The summed E-state index contributed by atoms with van der Waals surface area (Å²) in [5.41, 5.74) is -0.0303. The zero-order valence-corrected chi connectivity index (χ0v) is 10.5. The summed E-state index contributed by atoms with van der Waals surface area (Å²) < 4.78 is 10.2. The second-order valence-corrected chi connectivity index (χ2v) is 3.55. The van der Waals surface area contributed by atoms with Crippen LogP contribution in [0.1, 0.15) is 10.4 Å². The Morgan fingerprint density at radius 3 is 2.79 bits per heavy atom. The third-order valence-electron chi connectivity index (χ3n) is 2.22. The molecule has 1 aromatic rings. The van der Waals surface area contributed by atoms with Crippen LogP contribution in [-0.4, -0.2) is 37.2 Å². The van der Waals surface area contributed by atoms with Crippen LogP contribution in [-0.2, 0) is 4.79 Å². The first-order valence-electron chi connectivity index (χ1n) is 5.50. The highest BCUT2D eigenvalue weighted by Crippen LogP contribution is 2.24. The Labute approximate surface area is 110 Å². The minimum absolute atomic E-state index is 0.0303. The summed E-state index contributed by atoms with van der Waals surface area (Å²) >= 11 is 0. The molecule has 6 heteroatoms. The Bertz CT molecular complexity index is 484. The highest BCUT2D eigenvalue weighted by Gasteiger charge is 2.13. The average Bonchev–Trinajstić information content (AvgIpc) is 2.42. The quantitative estimate of drug-likeness (QED) is 0.720. The zero-order chi connectivity index (χ0) is 14.3. The van der Waals surface area contributed by atoms with Crippen LogP contribution < -0.4 is 14.8 Å². The van der Waals surface area contributed by atoms with Gasteiger partial charge in [0, 0.05) is 12.6 Å². The lowest BCUT2D eigenvalue weighted by Crippen LogP contribution is -2.29. The second kappa shape index (κ2) is 7.05. The molecule has 1 amide bonds. The van der Waals surface area contributed by atoms with Crippen molar-refractivity contribution in [2.45, 2.75) is 0 Å². The number of carboxylic acid groups (broad SMARTS) is 1. The first-order valence-corrected chi connectivity index (χ1v) is 5.50. The number of carboxylic acids is 1. The van der Waals surface area contributed by atoms with Gasteiger partial charge in [0.15, 0.2) is 6.61 Å². The van der Waals surface area contributed by atoms with Gasteiger partial charge in [-0.2, -0.15) is 0 Å². The van der Waals surface area contributed by atoms with Crippen LogP contribution in [0.2, 0.25) is 0 Å². The van der Waals surface area contributed by atoms with Crippen LogP contribution in [0.3, 0.4) is 0 Å². The monoisotopic (exact) mass is 265 g/mol. The van der Waals surface area contributed by atoms with Crippen LogP contribution in [0.5, 0.6) is 11.5 Å². The molecule has 0 atom stereocenters. The van der Waals surface area contributed by atoms with Gasteiger partial charge in [-0.15, -0.1) is 6.58 Å². The maximum absolute atomic E-state index is 11.3. The minimum atomic E-state index is -1.14. The third kappa shape index (κ3) is 4.34. The van der Waals surface area contributed by atoms with Crippen molar-refractivity contribution in [1.82, 2.24) is 5.32 Å². The second-order valence-electron chi connectivity index (χ2n) is 3.55. The molecular formula is C13H15NO5. The van der Waals surface area contributed by atoms with E-state index in [1.165, 1.54) is 31.4 Å². The number of ether oxygens (including phenoxy) is 2. The summed E-state index contributed by atoms with van der Waals surface area (Å²) in [6, 6.07) is 4.29. The Balaban J connectivity index is 2.77. The molecule has 6 nitrogen and oxygen atoms in total. The summed E-state index contributed by atoms with van der Waals surface area (Å²) in [4.78, 5) is 22.4. The van der Waals surface area contributed by atoms with E-state index < -0.39 is 5.97 Å². The number of carbonyl (C=O) groups excluding carboxylic acids is 1. The fraction of sp³-hybridized carbons (Fsp3) is 0.231. The SMILES string of the molecule is C=CCNC(=O)COc1cc(OC)ccc1C(=O)O. The Kier molecular flexibility index (Phi) is 5.40. The molecule has 0 bridgehead atoms. The van der Waals surface area contributed by atoms with E-state index in [2.05, 4.69) is 11.9 Å². The number of rotatable bonds is 7. The van der Waals surface area contributed by atoms with Crippen molar-refractivity contribution < 1.29 is 24.2 Å². The van der Waals surface area contributed by atoms with Gasteiger partial charge in [0.05, 0.1) is 7.11 Å². The van der Waals surface area contributed by atoms with Crippen molar-refractivity contribution in [3.05, 3.63) is 36.4 Å². The summed E-state index contributed by atoms with van der Waals surface area (Å²) in [5.74, 6) is -0.963. The molecule has 0 radical (unpaired) electrons. The van der Waals surface area contributed by atoms with Crippen molar-refractivity contribution in [2.24, 2.45) is 0 Å². The highest BCUT2D eigenvalue weighted by atomic mass is 16.5. The topological polar surface area (TPSA) is 84.9 Å². The van der Waals surface area contributed by atoms with E-state index >= 15 is 0 Å². The summed E-state index contributed by atoms with van der Waals surface area (Å²) in [6.45, 7) is 3.51. The van der Waals surface area contributed by atoms with Crippen LogP contribution in [0.4, 0.5) is 0 Å². The van der Waals surface area contributed by atoms with Gasteiger partial charge in [-0.3, -0.25) is 4.79 Å². The lowest BCUT2D eigenvalue weighted by atomic mass is 10.2. The summed E-state index contributed by atoms with van der Waals surface area (Å²) in [5, 5.41) is 11.5. The highest BCUT2D eigenvalue weighted by molar-refractivity contribution is 5.91. The summed E-state index contributed by atoms with van der Waals surface area (Å²) in [7, 11) is 1.45. The first-order chi connectivity index (χ1) is 9.08. The standard InChI is InChI=1S/C13H15NO5/c1-3-6-14-12(15)8-19-11-7-9(18-2)4-5-10(11)13(16)17/h3-5,7H,1,6,8H2,2H3,(H,14,15)(H,16,17). The molecule has 0 fully saturated rings. The lowest BCUT2D eigenvalue weighted by Gasteiger charge is -2.10. The van der Waals surface area contributed by atoms with Gasteiger partial charge in [0.2, 0.25) is 0 Å². The number of hydrogen-bond acceptors (Lipinski definition) is 4. The molecule has 2 N–H and O–H groups in total. The number of aromatic carboxylic acids is 1.